The molecule has 6 nitrogen and oxygen atoms in total. The van der Waals surface area contributed by atoms with Crippen LogP contribution in [0.15, 0.2) is 73.3 Å². The van der Waals surface area contributed by atoms with Crippen molar-refractivity contribution in [1.82, 2.24) is 14.9 Å². The van der Waals surface area contributed by atoms with E-state index in [2.05, 4.69) is 35.9 Å². The molecule has 35 heavy (non-hydrogen) atoms. The number of allylic oxidation sites excluding steroid dienone is 5. The Balaban J connectivity index is 1.85. The first-order valence-electron chi connectivity index (χ1n) is 12.3. The van der Waals surface area contributed by atoms with E-state index in [0.717, 1.165) is 54.5 Å². The molecular formula is C29H33N5O. The average Bonchev–Trinajstić information content (AvgIpc) is 3.38. The van der Waals surface area contributed by atoms with Crippen LogP contribution in [0.5, 0.6) is 0 Å². The summed E-state index contributed by atoms with van der Waals surface area (Å²) in [7, 11) is 0. The van der Waals surface area contributed by atoms with E-state index < -0.39 is 5.91 Å². The fourth-order valence-corrected chi connectivity index (χ4v) is 4.35. The van der Waals surface area contributed by atoms with E-state index in [4.69, 9.17) is 15.7 Å². The number of nitrogens with zero attached hydrogens (tertiary/aromatic N) is 3. The van der Waals surface area contributed by atoms with Gasteiger partial charge in [-0.25, -0.2) is 9.97 Å². The first-order chi connectivity index (χ1) is 17.1. The van der Waals surface area contributed by atoms with E-state index in [1.54, 1.807) is 18.2 Å². The van der Waals surface area contributed by atoms with Gasteiger partial charge in [0.15, 0.2) is 5.82 Å². The standard InChI is InChI=1S/C29H33N5O/c1-3-5-6-7-13-21(4-2)28-32-26-22(20-34-18-10-11-19-34)14-12-16-24(26)29(33-28)31-25-17-9-8-15-23(25)27(30)35/h4,6-9,12-17H,2-3,5,10-11,18-20H2,1H3,(H2,30,35)(H,31,32,33)/b7-6-,21-13+. The Kier molecular flexibility index (Phi) is 8.06. The maximum absolute atomic E-state index is 12.0. The smallest absolute Gasteiger partial charge is 0.250 e. The number of hydrogen-bond donors (Lipinski definition) is 2. The zero-order valence-corrected chi connectivity index (χ0v) is 20.3. The molecule has 0 radical (unpaired) electrons. The van der Waals surface area contributed by atoms with Crippen LogP contribution >= 0.6 is 0 Å². The molecule has 3 N–H and O–H groups in total. The molecule has 0 spiro atoms. The number of unbranched alkanes of at least 4 members (excludes halogenated alkanes) is 1. The van der Waals surface area contributed by atoms with Gasteiger partial charge in [-0.1, -0.05) is 68.5 Å². The number of benzene rings is 2. The molecule has 0 saturated carbocycles. The summed E-state index contributed by atoms with van der Waals surface area (Å²) in [4.78, 5) is 24.4. The number of para-hydroxylation sites is 2. The molecular weight excluding hydrogens is 434 g/mol. The minimum atomic E-state index is -0.492. The normalized spacial score (nSPS) is 14.6. The molecule has 1 saturated heterocycles. The summed E-state index contributed by atoms with van der Waals surface area (Å²) < 4.78 is 0. The van der Waals surface area contributed by atoms with E-state index in [9.17, 15) is 4.79 Å². The van der Waals surface area contributed by atoms with Gasteiger partial charge in [0.25, 0.3) is 5.91 Å². The summed E-state index contributed by atoms with van der Waals surface area (Å²) in [6.07, 6.45) is 12.5. The summed E-state index contributed by atoms with van der Waals surface area (Å²) in [6.45, 7) is 9.20. The zero-order valence-electron chi connectivity index (χ0n) is 20.3. The van der Waals surface area contributed by atoms with Crippen LogP contribution < -0.4 is 11.1 Å². The van der Waals surface area contributed by atoms with Crippen LogP contribution in [0.25, 0.3) is 16.5 Å². The van der Waals surface area contributed by atoms with Crippen molar-refractivity contribution in [2.24, 2.45) is 5.73 Å². The molecule has 4 rings (SSSR count). The Morgan fingerprint density at radius 2 is 1.94 bits per heavy atom. The lowest BCUT2D eigenvalue weighted by Crippen LogP contribution is -2.19. The van der Waals surface area contributed by atoms with Crippen LogP contribution in [0.2, 0.25) is 0 Å². The summed E-state index contributed by atoms with van der Waals surface area (Å²) in [5.74, 6) is 0.725. The first kappa shape index (κ1) is 24.4. The van der Waals surface area contributed by atoms with Gasteiger partial charge >= 0.3 is 0 Å². The van der Waals surface area contributed by atoms with Crippen molar-refractivity contribution in [2.75, 3.05) is 18.4 Å². The Bertz CT molecular complexity index is 1270. The summed E-state index contributed by atoms with van der Waals surface area (Å²) in [5.41, 5.74) is 9.54. The lowest BCUT2D eigenvalue weighted by atomic mass is 10.1. The van der Waals surface area contributed by atoms with Crippen LogP contribution in [0.1, 0.15) is 54.4 Å². The second kappa shape index (κ2) is 11.6. The Morgan fingerprint density at radius 1 is 1.14 bits per heavy atom. The zero-order chi connectivity index (χ0) is 24.6. The molecule has 1 aliphatic heterocycles. The monoisotopic (exact) mass is 467 g/mol. The highest BCUT2D eigenvalue weighted by atomic mass is 16.1. The summed E-state index contributed by atoms with van der Waals surface area (Å²) >= 11 is 0. The van der Waals surface area contributed by atoms with Gasteiger partial charge in [-0.15, -0.1) is 0 Å². The van der Waals surface area contributed by atoms with Crippen LogP contribution in [0.3, 0.4) is 0 Å². The molecule has 1 aliphatic rings. The number of primary amides is 1. The molecule has 0 bridgehead atoms. The van der Waals surface area contributed by atoms with Gasteiger partial charge in [0.1, 0.15) is 5.82 Å². The predicted molar refractivity (Wildman–Crippen MR) is 145 cm³/mol. The molecule has 1 amide bonds. The summed E-state index contributed by atoms with van der Waals surface area (Å²) in [6, 6.07) is 13.4. The molecule has 2 aromatic carbocycles. The minimum Gasteiger partial charge on any atom is -0.366 e. The Labute approximate surface area is 207 Å². The highest BCUT2D eigenvalue weighted by Crippen LogP contribution is 2.30. The van der Waals surface area contributed by atoms with Gasteiger partial charge in [0, 0.05) is 17.5 Å². The van der Waals surface area contributed by atoms with E-state index in [1.165, 1.54) is 12.8 Å². The highest BCUT2D eigenvalue weighted by molar-refractivity contribution is 6.01. The van der Waals surface area contributed by atoms with E-state index in [1.807, 2.05) is 36.4 Å². The lowest BCUT2D eigenvalue weighted by molar-refractivity contribution is 0.100. The first-order valence-corrected chi connectivity index (χ1v) is 12.3. The number of nitrogens with one attached hydrogen (secondary N) is 1. The van der Waals surface area contributed by atoms with Gasteiger partial charge in [-0.3, -0.25) is 9.69 Å². The van der Waals surface area contributed by atoms with Crippen molar-refractivity contribution in [1.29, 1.82) is 0 Å². The molecule has 0 atom stereocenters. The third kappa shape index (κ3) is 5.84. The van der Waals surface area contributed by atoms with Gasteiger partial charge in [-0.05, 0) is 56.1 Å². The van der Waals surface area contributed by atoms with Crippen LogP contribution in [-0.2, 0) is 6.54 Å². The SMILES string of the molecule is C=C/C(=C\C=C/CCC)c1nc(Nc2ccccc2C(N)=O)c2cccc(CN3CCCC3)c2n1. The topological polar surface area (TPSA) is 84.1 Å². The molecule has 3 aromatic rings. The number of hydrogen-bond acceptors (Lipinski definition) is 5. The van der Waals surface area contributed by atoms with E-state index >= 15 is 0 Å². The number of anilines is 2. The van der Waals surface area contributed by atoms with Crippen molar-refractivity contribution in [3.8, 4) is 0 Å². The number of nitrogens with two attached hydrogens (primary N) is 1. The number of rotatable bonds is 10. The number of carbonyl (C=O) groups excluding carboxylic acids is 1. The molecule has 1 fully saturated rings. The Hall–Kier alpha value is -3.77. The van der Waals surface area contributed by atoms with Crippen molar-refractivity contribution in [2.45, 2.75) is 39.2 Å². The van der Waals surface area contributed by atoms with Crippen LogP contribution in [0.4, 0.5) is 11.5 Å². The third-order valence-electron chi connectivity index (χ3n) is 6.19. The third-order valence-corrected chi connectivity index (χ3v) is 6.19. The molecule has 0 aliphatic carbocycles. The van der Waals surface area contributed by atoms with Gasteiger partial charge < -0.3 is 11.1 Å². The Morgan fingerprint density at radius 3 is 2.69 bits per heavy atom. The lowest BCUT2D eigenvalue weighted by Gasteiger charge is -2.18. The summed E-state index contributed by atoms with van der Waals surface area (Å²) in [5, 5.41) is 4.27. The van der Waals surface area contributed by atoms with Crippen molar-refractivity contribution in [3.05, 3.63) is 90.3 Å². The van der Waals surface area contributed by atoms with Crippen LogP contribution in [-0.4, -0.2) is 33.9 Å². The number of likely N-dealkylation sites (tertiary alicyclic amines) is 1. The number of carbonyl (C=O) groups is 1. The van der Waals surface area contributed by atoms with Gasteiger partial charge in [-0.2, -0.15) is 0 Å². The maximum Gasteiger partial charge on any atom is 0.250 e. The maximum atomic E-state index is 12.0. The molecule has 0 unspecified atom stereocenters. The van der Waals surface area contributed by atoms with Crippen molar-refractivity contribution in [3.63, 3.8) is 0 Å². The van der Waals surface area contributed by atoms with Crippen molar-refractivity contribution >= 4 is 33.9 Å². The van der Waals surface area contributed by atoms with E-state index in [0.29, 0.717) is 22.9 Å². The quantitative estimate of drug-likeness (QED) is 0.358. The largest absolute Gasteiger partial charge is 0.366 e. The van der Waals surface area contributed by atoms with Crippen molar-refractivity contribution < 1.29 is 4.79 Å². The van der Waals surface area contributed by atoms with Gasteiger partial charge in [0.2, 0.25) is 0 Å². The second-order valence-electron chi connectivity index (χ2n) is 8.77. The van der Waals surface area contributed by atoms with E-state index in [-0.39, 0.29) is 0 Å². The minimum absolute atomic E-state index is 0.413. The van der Waals surface area contributed by atoms with Crippen LogP contribution in [0, 0.1) is 0 Å². The molecule has 1 aromatic heterocycles. The average molecular weight is 468 g/mol. The molecule has 6 heteroatoms. The highest BCUT2D eigenvalue weighted by Gasteiger charge is 2.18. The molecule has 2 heterocycles. The predicted octanol–water partition coefficient (Wildman–Crippen LogP) is 5.99. The fourth-order valence-electron chi connectivity index (χ4n) is 4.35. The van der Waals surface area contributed by atoms with Gasteiger partial charge in [0.05, 0.1) is 16.8 Å². The fraction of sp³-hybridized carbons (Fsp3) is 0.276. The number of fused-ring (bicyclic) bond motifs is 1. The number of aromatic nitrogens is 2. The second-order valence-corrected chi connectivity index (χ2v) is 8.77. The molecule has 180 valence electrons. The number of amides is 1.